The highest BCUT2D eigenvalue weighted by Gasteiger charge is 2.26. The van der Waals surface area contributed by atoms with Crippen molar-refractivity contribution in [1.82, 2.24) is 9.62 Å². The zero-order valence-electron chi connectivity index (χ0n) is 14.1. The lowest BCUT2D eigenvalue weighted by atomic mass is 10.0. The monoisotopic (exact) mass is 414 g/mol. The molecule has 2 aromatic carbocycles. The molecule has 0 spiro atoms. The molecule has 1 saturated heterocycles. The van der Waals surface area contributed by atoms with Crippen LogP contribution in [0.15, 0.2) is 53.4 Å². The minimum atomic E-state index is -3.64. The molecule has 1 N–H and O–H groups in total. The molecule has 0 aliphatic carbocycles. The van der Waals surface area contributed by atoms with Gasteiger partial charge in [0.1, 0.15) is 0 Å². The van der Waals surface area contributed by atoms with E-state index in [4.69, 9.17) is 27.9 Å². The first-order valence-electron chi connectivity index (χ1n) is 8.29. The Bertz CT molecular complexity index is 838. The van der Waals surface area contributed by atoms with Crippen molar-refractivity contribution in [3.63, 3.8) is 0 Å². The maximum absolute atomic E-state index is 12.6. The molecule has 1 aliphatic heterocycles. The maximum Gasteiger partial charge on any atom is 0.240 e. The third kappa shape index (κ3) is 4.76. The van der Waals surface area contributed by atoms with Crippen LogP contribution in [0.2, 0.25) is 10.0 Å². The third-order valence-electron chi connectivity index (χ3n) is 4.34. The van der Waals surface area contributed by atoms with Crippen LogP contribution in [0.3, 0.4) is 0 Å². The lowest BCUT2D eigenvalue weighted by molar-refractivity contribution is 0.0172. The average Bonchev–Trinajstić information content (AvgIpc) is 2.64. The van der Waals surface area contributed by atoms with Crippen LogP contribution in [0.1, 0.15) is 11.6 Å². The third-order valence-corrected chi connectivity index (χ3v) is 6.38. The summed E-state index contributed by atoms with van der Waals surface area (Å²) in [5.41, 5.74) is 0.898. The fourth-order valence-electron chi connectivity index (χ4n) is 2.96. The summed E-state index contributed by atoms with van der Waals surface area (Å²) in [6, 6.07) is 13.4. The molecular weight excluding hydrogens is 395 g/mol. The van der Waals surface area contributed by atoms with Crippen molar-refractivity contribution in [2.24, 2.45) is 0 Å². The molecule has 1 atom stereocenters. The molecule has 1 fully saturated rings. The van der Waals surface area contributed by atoms with Gasteiger partial charge in [-0.05, 0) is 35.9 Å². The summed E-state index contributed by atoms with van der Waals surface area (Å²) in [5.74, 6) is 0. The van der Waals surface area contributed by atoms with Crippen LogP contribution in [0.4, 0.5) is 0 Å². The molecule has 0 radical (unpaired) electrons. The molecule has 1 heterocycles. The Morgan fingerprint density at radius 1 is 1.04 bits per heavy atom. The predicted octanol–water partition coefficient (Wildman–Crippen LogP) is 3.35. The van der Waals surface area contributed by atoms with Crippen LogP contribution >= 0.6 is 23.2 Å². The van der Waals surface area contributed by atoms with Gasteiger partial charge in [-0.2, -0.15) is 0 Å². The van der Waals surface area contributed by atoms with Crippen molar-refractivity contribution in [2.45, 2.75) is 10.9 Å². The van der Waals surface area contributed by atoms with Gasteiger partial charge in [-0.1, -0.05) is 41.4 Å². The summed E-state index contributed by atoms with van der Waals surface area (Å²) < 4.78 is 33.4. The molecule has 0 saturated carbocycles. The Morgan fingerprint density at radius 2 is 1.69 bits per heavy atom. The molecule has 26 heavy (non-hydrogen) atoms. The van der Waals surface area contributed by atoms with Gasteiger partial charge in [-0.15, -0.1) is 0 Å². The van der Waals surface area contributed by atoms with Crippen molar-refractivity contribution >= 4 is 33.2 Å². The highest BCUT2D eigenvalue weighted by molar-refractivity contribution is 7.89. The average molecular weight is 415 g/mol. The van der Waals surface area contributed by atoms with Crippen molar-refractivity contribution in [1.29, 1.82) is 0 Å². The standard InChI is InChI=1S/C18H20Cl2N2O3S/c19-14-5-7-15(8-6-14)26(23,24)21-13-18(22-9-11-25-12-10-22)16-3-1-2-4-17(16)20/h1-8,18,21H,9-13H2. The van der Waals surface area contributed by atoms with Crippen LogP contribution in [0.25, 0.3) is 0 Å². The van der Waals surface area contributed by atoms with Crippen LogP contribution in [0.5, 0.6) is 0 Å². The minimum absolute atomic E-state index is 0.172. The van der Waals surface area contributed by atoms with Gasteiger partial charge in [0.25, 0.3) is 0 Å². The summed E-state index contributed by atoms with van der Waals surface area (Å²) in [6.07, 6.45) is 0. The second kappa shape index (κ2) is 8.69. The van der Waals surface area contributed by atoms with E-state index in [1.807, 2.05) is 24.3 Å². The second-order valence-electron chi connectivity index (χ2n) is 5.99. The zero-order chi connectivity index (χ0) is 18.6. The maximum atomic E-state index is 12.6. The van der Waals surface area contributed by atoms with E-state index in [2.05, 4.69) is 9.62 Å². The molecular formula is C18H20Cl2N2O3S. The number of rotatable bonds is 6. The highest BCUT2D eigenvalue weighted by Crippen LogP contribution is 2.28. The van der Waals surface area contributed by atoms with Crippen LogP contribution in [0, 0.1) is 0 Å². The lowest BCUT2D eigenvalue weighted by Crippen LogP contribution is -2.43. The van der Waals surface area contributed by atoms with Crippen LogP contribution in [-0.4, -0.2) is 46.2 Å². The normalized spacial score (nSPS) is 17.2. The number of hydrogen-bond donors (Lipinski definition) is 1. The Labute approximate surface area is 163 Å². The second-order valence-corrected chi connectivity index (χ2v) is 8.60. The Hall–Kier alpha value is -1.15. The number of nitrogens with zero attached hydrogens (tertiary/aromatic N) is 1. The van der Waals surface area contributed by atoms with Gasteiger partial charge >= 0.3 is 0 Å². The van der Waals surface area contributed by atoms with E-state index in [9.17, 15) is 8.42 Å². The molecule has 2 aromatic rings. The number of sulfonamides is 1. The van der Waals surface area contributed by atoms with Gasteiger partial charge in [0, 0.05) is 35.7 Å². The van der Waals surface area contributed by atoms with E-state index in [0.717, 1.165) is 18.7 Å². The number of nitrogens with one attached hydrogen (secondary N) is 1. The zero-order valence-corrected chi connectivity index (χ0v) is 16.4. The van der Waals surface area contributed by atoms with Crippen LogP contribution in [-0.2, 0) is 14.8 Å². The molecule has 5 nitrogen and oxygen atoms in total. The molecule has 0 aromatic heterocycles. The van der Waals surface area contributed by atoms with Crippen molar-refractivity contribution in [3.05, 3.63) is 64.1 Å². The van der Waals surface area contributed by atoms with E-state index in [1.165, 1.54) is 12.1 Å². The van der Waals surface area contributed by atoms with Gasteiger partial charge in [-0.25, -0.2) is 13.1 Å². The molecule has 140 valence electrons. The Morgan fingerprint density at radius 3 is 2.35 bits per heavy atom. The number of halogens is 2. The highest BCUT2D eigenvalue weighted by atomic mass is 35.5. The van der Waals surface area contributed by atoms with Gasteiger partial charge < -0.3 is 4.74 Å². The summed E-state index contributed by atoms with van der Waals surface area (Å²) >= 11 is 12.2. The summed E-state index contributed by atoms with van der Waals surface area (Å²) in [6.45, 7) is 2.89. The van der Waals surface area contributed by atoms with Gasteiger partial charge in [-0.3, -0.25) is 4.90 Å². The molecule has 8 heteroatoms. The van der Waals surface area contributed by atoms with E-state index in [1.54, 1.807) is 12.1 Å². The van der Waals surface area contributed by atoms with Crippen molar-refractivity contribution in [2.75, 3.05) is 32.8 Å². The molecule has 0 amide bonds. The van der Waals surface area contributed by atoms with Crippen LogP contribution < -0.4 is 4.72 Å². The SMILES string of the molecule is O=S(=O)(NCC(c1ccccc1Cl)N1CCOCC1)c1ccc(Cl)cc1. The predicted molar refractivity (Wildman–Crippen MR) is 103 cm³/mol. The summed E-state index contributed by atoms with van der Waals surface area (Å²) in [5, 5.41) is 1.11. The van der Waals surface area contributed by atoms with Gasteiger partial charge in [0.05, 0.1) is 18.1 Å². The first-order chi connectivity index (χ1) is 12.5. The summed E-state index contributed by atoms with van der Waals surface area (Å²) in [4.78, 5) is 2.37. The quantitative estimate of drug-likeness (QED) is 0.786. The largest absolute Gasteiger partial charge is 0.379 e. The summed E-state index contributed by atoms with van der Waals surface area (Å²) in [7, 11) is -3.64. The van der Waals surface area contributed by atoms with Crippen molar-refractivity contribution < 1.29 is 13.2 Å². The number of morpholine rings is 1. The smallest absolute Gasteiger partial charge is 0.240 e. The van der Waals surface area contributed by atoms with E-state index in [-0.39, 0.29) is 17.5 Å². The molecule has 1 unspecified atom stereocenters. The first-order valence-corrected chi connectivity index (χ1v) is 10.5. The fourth-order valence-corrected chi connectivity index (χ4v) is 4.38. The lowest BCUT2D eigenvalue weighted by Gasteiger charge is -2.35. The number of ether oxygens (including phenoxy) is 1. The Kier molecular flexibility index (Phi) is 6.55. The van der Waals surface area contributed by atoms with E-state index in [0.29, 0.717) is 23.3 Å². The Balaban J connectivity index is 1.81. The van der Waals surface area contributed by atoms with E-state index >= 15 is 0 Å². The first kappa shape index (κ1) is 19.6. The minimum Gasteiger partial charge on any atom is -0.379 e. The number of hydrogen-bond acceptors (Lipinski definition) is 4. The fraction of sp³-hybridized carbons (Fsp3) is 0.333. The van der Waals surface area contributed by atoms with Gasteiger partial charge in [0.15, 0.2) is 0 Å². The molecule has 1 aliphatic rings. The van der Waals surface area contributed by atoms with Crippen molar-refractivity contribution in [3.8, 4) is 0 Å². The topological polar surface area (TPSA) is 58.6 Å². The van der Waals surface area contributed by atoms with Gasteiger partial charge in [0.2, 0.25) is 10.0 Å². The molecule has 3 rings (SSSR count). The molecule has 0 bridgehead atoms. The van der Waals surface area contributed by atoms with E-state index < -0.39 is 10.0 Å². The number of benzene rings is 2.